The Balaban J connectivity index is 2.30. The van der Waals surface area contributed by atoms with Gasteiger partial charge in [0, 0.05) is 11.1 Å². The molecule has 104 valence electrons. The van der Waals surface area contributed by atoms with Crippen molar-refractivity contribution in [1.29, 1.82) is 0 Å². The number of hydrogen-bond donors (Lipinski definition) is 0. The van der Waals surface area contributed by atoms with E-state index in [1.54, 1.807) is 24.3 Å². The summed E-state index contributed by atoms with van der Waals surface area (Å²) >= 11 is 0. The zero-order valence-corrected chi connectivity index (χ0v) is 11.2. The highest BCUT2D eigenvalue weighted by Gasteiger charge is 2.11. The van der Waals surface area contributed by atoms with Crippen LogP contribution in [0, 0.1) is 5.82 Å². The number of aryl methyl sites for hydroxylation is 1. The first kappa shape index (κ1) is 14.4. The van der Waals surface area contributed by atoms with Crippen LogP contribution in [0.4, 0.5) is 13.2 Å². The molecule has 0 aromatic heterocycles. The maximum atomic E-state index is 14.0. The van der Waals surface area contributed by atoms with E-state index in [0.29, 0.717) is 0 Å². The molecule has 0 aliphatic carbocycles. The van der Waals surface area contributed by atoms with Crippen molar-refractivity contribution in [2.45, 2.75) is 19.8 Å². The van der Waals surface area contributed by atoms with E-state index in [2.05, 4.69) is 6.92 Å². The highest BCUT2D eigenvalue weighted by atomic mass is 19.2. The van der Waals surface area contributed by atoms with Crippen molar-refractivity contribution in [1.82, 2.24) is 0 Å². The Bertz CT molecular complexity index is 595. The van der Waals surface area contributed by atoms with Crippen molar-refractivity contribution < 1.29 is 13.2 Å². The Morgan fingerprint density at radius 3 is 1.70 bits per heavy atom. The fraction of sp³-hybridized carbons (Fsp3) is 0.176. The van der Waals surface area contributed by atoms with Crippen LogP contribution in [0.3, 0.4) is 0 Å². The Morgan fingerprint density at radius 1 is 0.800 bits per heavy atom. The molecular formula is C17H15F3. The summed E-state index contributed by atoms with van der Waals surface area (Å²) in [7, 11) is 0. The fourth-order valence-electron chi connectivity index (χ4n) is 1.96. The molecule has 2 aromatic rings. The number of halogens is 3. The second kappa shape index (κ2) is 6.42. The summed E-state index contributed by atoms with van der Waals surface area (Å²) in [6.45, 7) is 2.06. The molecular weight excluding hydrogens is 261 g/mol. The van der Waals surface area contributed by atoms with Gasteiger partial charge < -0.3 is 0 Å². The van der Waals surface area contributed by atoms with E-state index >= 15 is 0 Å². The Hall–Kier alpha value is -2.03. The lowest BCUT2D eigenvalue weighted by molar-refractivity contribution is 0.627. The summed E-state index contributed by atoms with van der Waals surface area (Å²) in [5.41, 5.74) is 1.31. The van der Waals surface area contributed by atoms with Crippen LogP contribution in [-0.4, -0.2) is 0 Å². The molecule has 0 radical (unpaired) electrons. The third kappa shape index (κ3) is 3.29. The second-order valence-corrected chi connectivity index (χ2v) is 4.58. The third-order valence-electron chi connectivity index (χ3n) is 3.04. The smallest absolute Gasteiger partial charge is 0.166 e. The third-order valence-corrected chi connectivity index (χ3v) is 3.04. The van der Waals surface area contributed by atoms with E-state index in [1.165, 1.54) is 12.1 Å². The van der Waals surface area contributed by atoms with Gasteiger partial charge in [0.1, 0.15) is 5.82 Å². The van der Waals surface area contributed by atoms with E-state index in [9.17, 15) is 13.2 Å². The minimum atomic E-state index is -0.978. The molecule has 0 heterocycles. The van der Waals surface area contributed by atoms with Crippen LogP contribution < -0.4 is 0 Å². The van der Waals surface area contributed by atoms with Crippen molar-refractivity contribution >= 4 is 11.7 Å². The molecule has 2 rings (SSSR count). The van der Waals surface area contributed by atoms with Crippen LogP contribution in [-0.2, 0) is 6.42 Å². The summed E-state index contributed by atoms with van der Waals surface area (Å²) in [5, 5.41) is 0. The molecule has 0 bridgehead atoms. The van der Waals surface area contributed by atoms with Crippen molar-refractivity contribution in [2.24, 2.45) is 0 Å². The Kier molecular flexibility index (Phi) is 4.61. The predicted molar refractivity (Wildman–Crippen MR) is 75.9 cm³/mol. The van der Waals surface area contributed by atoms with Gasteiger partial charge in [-0.15, -0.1) is 0 Å². The van der Waals surface area contributed by atoms with Crippen LogP contribution in [0.2, 0.25) is 0 Å². The lowest BCUT2D eigenvalue weighted by atomic mass is 10.1. The first-order valence-corrected chi connectivity index (χ1v) is 6.52. The summed E-state index contributed by atoms with van der Waals surface area (Å²) in [4.78, 5) is 0. The summed E-state index contributed by atoms with van der Waals surface area (Å²) in [5.74, 6) is -2.39. The highest BCUT2D eigenvalue weighted by Crippen LogP contribution is 2.29. The lowest BCUT2D eigenvalue weighted by Gasteiger charge is -2.04. The second-order valence-electron chi connectivity index (χ2n) is 4.58. The van der Waals surface area contributed by atoms with E-state index < -0.39 is 17.5 Å². The number of rotatable bonds is 4. The molecule has 0 saturated carbocycles. The predicted octanol–water partition coefficient (Wildman–Crippen LogP) is 5.54. The molecule has 3 heteroatoms. The van der Waals surface area contributed by atoms with Crippen molar-refractivity contribution in [3.63, 3.8) is 0 Å². The zero-order valence-electron chi connectivity index (χ0n) is 11.2. The number of benzene rings is 2. The van der Waals surface area contributed by atoms with Gasteiger partial charge in [0.25, 0.3) is 0 Å². The fourth-order valence-corrected chi connectivity index (χ4v) is 1.96. The maximum Gasteiger partial charge on any atom is 0.166 e. The van der Waals surface area contributed by atoms with Gasteiger partial charge in [-0.25, -0.2) is 13.2 Å². The Morgan fingerprint density at radius 2 is 1.25 bits per heavy atom. The van der Waals surface area contributed by atoms with Crippen LogP contribution >= 0.6 is 0 Å². The molecule has 0 nitrogen and oxygen atoms in total. The molecule has 0 saturated heterocycles. The first-order chi connectivity index (χ1) is 9.61. The van der Waals surface area contributed by atoms with Crippen LogP contribution in [0.5, 0.6) is 0 Å². The molecule has 0 aliphatic heterocycles. The molecule has 0 amide bonds. The minimum Gasteiger partial charge on any atom is -0.207 e. The molecule has 0 atom stereocenters. The standard InChI is InChI=1S/C17H15F3/c1-2-3-12-4-6-13(7-5-12)16(19)17(20)14-8-10-15(18)11-9-14/h4-11H,2-3H2,1H3/b17-16+. The molecule has 0 fully saturated rings. The van der Waals surface area contributed by atoms with Gasteiger partial charge in [-0.1, -0.05) is 37.6 Å². The lowest BCUT2D eigenvalue weighted by Crippen LogP contribution is -1.87. The minimum absolute atomic E-state index is 0.0292. The first-order valence-electron chi connectivity index (χ1n) is 6.52. The van der Waals surface area contributed by atoms with Gasteiger partial charge in [0.05, 0.1) is 0 Å². The largest absolute Gasteiger partial charge is 0.207 e. The quantitative estimate of drug-likeness (QED) is 0.643. The van der Waals surface area contributed by atoms with Gasteiger partial charge >= 0.3 is 0 Å². The normalized spacial score (nSPS) is 12.2. The SMILES string of the molecule is CCCc1ccc(/C(F)=C(\F)c2ccc(F)cc2)cc1. The highest BCUT2D eigenvalue weighted by molar-refractivity contribution is 5.83. The van der Waals surface area contributed by atoms with Gasteiger partial charge in [-0.05, 0) is 36.2 Å². The summed E-state index contributed by atoms with van der Waals surface area (Å²) in [6, 6.07) is 11.3. The average Bonchev–Trinajstić information content (AvgIpc) is 2.48. The van der Waals surface area contributed by atoms with Gasteiger partial charge in [-0.3, -0.25) is 0 Å². The molecule has 0 N–H and O–H groups in total. The topological polar surface area (TPSA) is 0 Å². The zero-order chi connectivity index (χ0) is 14.5. The van der Waals surface area contributed by atoms with Gasteiger partial charge in [0.2, 0.25) is 0 Å². The van der Waals surface area contributed by atoms with Crippen LogP contribution in [0.1, 0.15) is 30.0 Å². The summed E-state index contributed by atoms with van der Waals surface area (Å²) in [6.07, 6.45) is 1.91. The van der Waals surface area contributed by atoms with E-state index in [1.807, 2.05) is 0 Å². The molecule has 0 aliphatic rings. The molecule has 20 heavy (non-hydrogen) atoms. The molecule has 2 aromatic carbocycles. The van der Waals surface area contributed by atoms with Crippen molar-refractivity contribution in [3.05, 3.63) is 71.0 Å². The van der Waals surface area contributed by atoms with Crippen molar-refractivity contribution in [2.75, 3.05) is 0 Å². The van der Waals surface area contributed by atoms with Crippen molar-refractivity contribution in [3.8, 4) is 0 Å². The van der Waals surface area contributed by atoms with Crippen LogP contribution in [0.15, 0.2) is 48.5 Å². The van der Waals surface area contributed by atoms with E-state index in [-0.39, 0.29) is 11.1 Å². The molecule has 0 unspecified atom stereocenters. The Labute approximate surface area is 116 Å². The average molecular weight is 276 g/mol. The van der Waals surface area contributed by atoms with E-state index in [4.69, 9.17) is 0 Å². The monoisotopic (exact) mass is 276 g/mol. The maximum absolute atomic E-state index is 14.0. The van der Waals surface area contributed by atoms with Crippen LogP contribution in [0.25, 0.3) is 11.7 Å². The number of hydrogen-bond acceptors (Lipinski definition) is 0. The summed E-state index contributed by atoms with van der Waals surface area (Å²) < 4.78 is 40.8. The van der Waals surface area contributed by atoms with Gasteiger partial charge in [0.15, 0.2) is 11.7 Å². The van der Waals surface area contributed by atoms with Gasteiger partial charge in [-0.2, -0.15) is 0 Å². The molecule has 0 spiro atoms. The van der Waals surface area contributed by atoms with E-state index in [0.717, 1.165) is 30.5 Å².